The molecule has 0 atom stereocenters. The number of nitrogens with zero attached hydrogens (tertiary/aromatic N) is 2. The van der Waals surface area contributed by atoms with E-state index < -0.39 is 0 Å². The number of Topliss-reactive ketones (excluding diaryl/α,β-unsaturated/α-hetero) is 1. The van der Waals surface area contributed by atoms with Crippen molar-refractivity contribution in [3.8, 4) is 11.8 Å². The topological polar surface area (TPSA) is 54.0 Å². The van der Waals surface area contributed by atoms with Crippen LogP contribution >= 0.6 is 17.0 Å². The summed E-state index contributed by atoms with van der Waals surface area (Å²) < 4.78 is 6.78. The lowest BCUT2D eigenvalue weighted by atomic mass is 10.1. The second-order valence-electron chi connectivity index (χ2n) is 4.03. The van der Waals surface area contributed by atoms with Crippen molar-refractivity contribution < 1.29 is 14.1 Å². The van der Waals surface area contributed by atoms with E-state index in [1.165, 1.54) is 0 Å². The second-order valence-corrected chi connectivity index (χ2v) is 4.03. The fourth-order valence-electron chi connectivity index (χ4n) is 1.74. The summed E-state index contributed by atoms with van der Waals surface area (Å²) in [5.74, 6) is 0.626. The molecule has 1 aromatic heterocycles. The highest BCUT2D eigenvalue weighted by molar-refractivity contribution is 8.93. The molecular formula is C15H14BrN2O2+. The molecule has 20 heavy (non-hydrogen) atoms. The van der Waals surface area contributed by atoms with Gasteiger partial charge in [-0.2, -0.15) is 9.83 Å². The van der Waals surface area contributed by atoms with Gasteiger partial charge in [-0.1, -0.05) is 12.1 Å². The number of nitriles is 1. The summed E-state index contributed by atoms with van der Waals surface area (Å²) >= 11 is 0. The van der Waals surface area contributed by atoms with Gasteiger partial charge in [0, 0.05) is 11.6 Å². The zero-order valence-corrected chi connectivity index (χ0v) is 12.7. The summed E-state index contributed by atoms with van der Waals surface area (Å²) in [6.45, 7) is 0.197. The Hall–Kier alpha value is -2.19. The Morgan fingerprint density at radius 3 is 2.85 bits per heavy atom. The molecule has 0 N–H and O–H groups in total. The average Bonchev–Trinajstić information content (AvgIpc) is 2.47. The number of methoxy groups -OCH3 is 1. The van der Waals surface area contributed by atoms with Gasteiger partial charge in [0.25, 0.3) is 0 Å². The number of ether oxygens (including phenoxy) is 1. The average molecular weight is 334 g/mol. The van der Waals surface area contributed by atoms with Gasteiger partial charge in [0.1, 0.15) is 17.4 Å². The van der Waals surface area contributed by atoms with Gasteiger partial charge in [0.05, 0.1) is 7.11 Å². The quantitative estimate of drug-likeness (QED) is 0.637. The third kappa shape index (κ3) is 3.90. The molecule has 0 bridgehead atoms. The van der Waals surface area contributed by atoms with Gasteiger partial charge in [-0.25, -0.2) is 0 Å². The first-order valence-corrected chi connectivity index (χ1v) is 5.79. The van der Waals surface area contributed by atoms with E-state index in [1.807, 2.05) is 6.07 Å². The Bertz CT molecular complexity index is 650. The number of pyridine rings is 1. The molecule has 102 valence electrons. The molecule has 0 aliphatic rings. The first-order valence-electron chi connectivity index (χ1n) is 5.79. The van der Waals surface area contributed by atoms with Crippen molar-refractivity contribution in [2.45, 2.75) is 6.54 Å². The predicted octanol–water partition coefficient (Wildman–Crippen LogP) is 2.32. The first kappa shape index (κ1) is 15.9. The van der Waals surface area contributed by atoms with Crippen LogP contribution in [0.2, 0.25) is 0 Å². The van der Waals surface area contributed by atoms with Crippen molar-refractivity contribution in [2.75, 3.05) is 7.11 Å². The number of ketones is 1. The van der Waals surface area contributed by atoms with E-state index in [0.717, 1.165) is 0 Å². The third-order valence-corrected chi connectivity index (χ3v) is 2.71. The highest BCUT2D eigenvalue weighted by Gasteiger charge is 2.13. The van der Waals surface area contributed by atoms with Crippen molar-refractivity contribution in [1.29, 1.82) is 5.26 Å². The lowest BCUT2D eigenvalue weighted by molar-refractivity contribution is -0.683. The molecule has 5 heteroatoms. The first-order chi connectivity index (χ1) is 9.22. The zero-order valence-electron chi connectivity index (χ0n) is 10.9. The number of rotatable bonds is 4. The van der Waals surface area contributed by atoms with Crippen molar-refractivity contribution in [3.63, 3.8) is 0 Å². The molecule has 0 radical (unpaired) electrons. The summed E-state index contributed by atoms with van der Waals surface area (Å²) in [6, 6.07) is 12.5. The van der Waals surface area contributed by atoms with Gasteiger partial charge in [0.15, 0.2) is 12.4 Å². The van der Waals surface area contributed by atoms with Gasteiger partial charge in [-0.3, -0.25) is 4.79 Å². The number of carbonyl (C=O) groups excluding carboxylic acids is 1. The van der Waals surface area contributed by atoms with Gasteiger partial charge in [-0.15, -0.1) is 17.0 Å². The van der Waals surface area contributed by atoms with Gasteiger partial charge in [-0.05, 0) is 18.2 Å². The standard InChI is InChI=1S/C15H13N2O2.BrH/c1-19-14-6-2-5-13(8-14)15(18)11-17-7-3-4-12(9-16)10-17;/h2-8,10H,11H2,1H3;1H/q+1;. The van der Waals surface area contributed by atoms with Crippen LogP contribution in [0.3, 0.4) is 0 Å². The SMILES string of the molecule is Br.COc1cccc(C(=O)C[n+]2cccc(C#N)c2)c1. The molecule has 0 saturated carbocycles. The molecule has 0 aliphatic carbocycles. The Balaban J connectivity index is 0.00000200. The Morgan fingerprint density at radius 2 is 2.15 bits per heavy atom. The van der Waals surface area contributed by atoms with Crippen LogP contribution in [-0.2, 0) is 6.54 Å². The van der Waals surface area contributed by atoms with E-state index in [4.69, 9.17) is 10.00 Å². The van der Waals surface area contributed by atoms with Crippen LogP contribution in [0.15, 0.2) is 48.8 Å². The smallest absolute Gasteiger partial charge is 0.227 e. The van der Waals surface area contributed by atoms with Crippen LogP contribution in [0.5, 0.6) is 5.75 Å². The van der Waals surface area contributed by atoms with Crippen molar-refractivity contribution in [2.24, 2.45) is 0 Å². The highest BCUT2D eigenvalue weighted by Crippen LogP contribution is 2.12. The minimum absolute atomic E-state index is 0. The van der Waals surface area contributed by atoms with E-state index in [9.17, 15) is 4.79 Å². The molecule has 0 fully saturated rings. The van der Waals surface area contributed by atoms with E-state index in [-0.39, 0.29) is 29.3 Å². The number of hydrogen-bond donors (Lipinski definition) is 0. The van der Waals surface area contributed by atoms with Gasteiger partial charge >= 0.3 is 0 Å². The monoisotopic (exact) mass is 333 g/mol. The molecule has 1 aromatic carbocycles. The van der Waals surface area contributed by atoms with E-state index >= 15 is 0 Å². The predicted molar refractivity (Wildman–Crippen MR) is 79.0 cm³/mol. The molecule has 4 nitrogen and oxygen atoms in total. The van der Waals surface area contributed by atoms with Crippen LogP contribution in [-0.4, -0.2) is 12.9 Å². The summed E-state index contributed by atoms with van der Waals surface area (Å²) in [6.07, 6.45) is 3.41. The fourth-order valence-corrected chi connectivity index (χ4v) is 1.74. The Kier molecular flexibility index (Phi) is 5.88. The number of halogens is 1. The molecule has 0 spiro atoms. The lowest BCUT2D eigenvalue weighted by Gasteiger charge is -2.02. The maximum absolute atomic E-state index is 12.1. The van der Waals surface area contributed by atoms with Crippen molar-refractivity contribution in [1.82, 2.24) is 0 Å². The maximum atomic E-state index is 12.1. The molecule has 2 rings (SSSR count). The van der Waals surface area contributed by atoms with Crippen molar-refractivity contribution in [3.05, 3.63) is 59.9 Å². The highest BCUT2D eigenvalue weighted by atomic mass is 79.9. The van der Waals surface area contributed by atoms with Crippen LogP contribution in [0.25, 0.3) is 0 Å². The summed E-state index contributed by atoms with van der Waals surface area (Å²) in [5.41, 5.74) is 1.12. The minimum atomic E-state index is -0.0287. The number of benzene rings is 1. The largest absolute Gasteiger partial charge is 0.497 e. The normalized spacial score (nSPS) is 9.20. The van der Waals surface area contributed by atoms with Crippen molar-refractivity contribution >= 4 is 22.8 Å². The molecule has 0 unspecified atom stereocenters. The minimum Gasteiger partial charge on any atom is -0.497 e. The zero-order chi connectivity index (χ0) is 13.7. The third-order valence-electron chi connectivity index (χ3n) is 2.71. The van der Waals surface area contributed by atoms with E-state index in [1.54, 1.807) is 60.5 Å². The van der Waals surface area contributed by atoms with E-state index in [2.05, 4.69) is 0 Å². The molecule has 2 aromatic rings. The van der Waals surface area contributed by atoms with Crippen LogP contribution in [0, 0.1) is 11.3 Å². The number of carbonyl (C=O) groups is 1. The molecule has 0 amide bonds. The Labute approximate surface area is 128 Å². The maximum Gasteiger partial charge on any atom is 0.227 e. The van der Waals surface area contributed by atoms with Crippen LogP contribution in [0.4, 0.5) is 0 Å². The summed E-state index contributed by atoms with van der Waals surface area (Å²) in [4.78, 5) is 12.1. The van der Waals surface area contributed by atoms with Gasteiger partial charge in [0.2, 0.25) is 12.3 Å². The molecule has 1 heterocycles. The Morgan fingerprint density at radius 1 is 1.35 bits per heavy atom. The van der Waals surface area contributed by atoms with Crippen LogP contribution in [0.1, 0.15) is 15.9 Å². The number of aromatic nitrogens is 1. The number of hydrogen-bond acceptors (Lipinski definition) is 3. The summed E-state index contributed by atoms with van der Waals surface area (Å²) in [7, 11) is 1.56. The van der Waals surface area contributed by atoms with Crippen LogP contribution < -0.4 is 9.30 Å². The van der Waals surface area contributed by atoms with E-state index in [0.29, 0.717) is 16.9 Å². The molecule has 0 saturated heterocycles. The molecule has 0 aliphatic heterocycles. The second kappa shape index (κ2) is 7.41. The lowest BCUT2D eigenvalue weighted by Crippen LogP contribution is -2.37. The van der Waals surface area contributed by atoms with Gasteiger partial charge < -0.3 is 4.74 Å². The fraction of sp³-hybridized carbons (Fsp3) is 0.133. The molecular weight excluding hydrogens is 320 g/mol. The summed E-state index contributed by atoms with van der Waals surface area (Å²) in [5, 5.41) is 8.82.